The van der Waals surface area contributed by atoms with Crippen LogP contribution in [0.1, 0.15) is 6.92 Å². The number of allylic oxidation sites excluding steroid dienone is 4. The van der Waals surface area contributed by atoms with Crippen LogP contribution in [0.4, 0.5) is 4.39 Å². The van der Waals surface area contributed by atoms with Crippen LogP contribution in [-0.4, -0.2) is 12.0 Å². The van der Waals surface area contributed by atoms with Crippen molar-refractivity contribution in [2.75, 3.05) is 0 Å². The summed E-state index contributed by atoms with van der Waals surface area (Å²) in [5, 5.41) is 0. The maximum absolute atomic E-state index is 13.0. The van der Waals surface area contributed by atoms with Gasteiger partial charge in [-0.3, -0.25) is 4.79 Å². The number of carbonyl (C=O) groups is 1. The number of hydrogen-bond donors (Lipinski definition) is 0. The topological polar surface area (TPSA) is 17.1 Å². The van der Waals surface area contributed by atoms with Gasteiger partial charge in [-0.1, -0.05) is 28.1 Å². The molecule has 0 radical (unpaired) electrons. The molecule has 3 heteroatoms. The van der Waals surface area contributed by atoms with Gasteiger partial charge in [-0.2, -0.15) is 0 Å². The lowest BCUT2D eigenvalue weighted by Crippen LogP contribution is -2.21. The fourth-order valence-electron chi connectivity index (χ4n) is 0.973. The monoisotopic (exact) mass is 218 g/mol. The summed E-state index contributed by atoms with van der Waals surface area (Å²) in [6.07, 6.45) is 3.50. The first-order chi connectivity index (χ1) is 5.11. The zero-order valence-corrected chi connectivity index (χ0v) is 7.64. The van der Waals surface area contributed by atoms with Gasteiger partial charge in [-0.25, -0.2) is 4.39 Å². The summed E-state index contributed by atoms with van der Waals surface area (Å²) in [4.78, 5) is 10.8. The molecule has 0 aromatic carbocycles. The minimum atomic E-state index is -1.17. The SMILES string of the molecule is CC(=O)C1C=CC(Br)=CC1F. The lowest BCUT2D eigenvalue weighted by molar-refractivity contribution is -0.120. The normalized spacial score (nSPS) is 29.9. The summed E-state index contributed by atoms with van der Waals surface area (Å²) < 4.78 is 13.7. The second kappa shape index (κ2) is 3.30. The summed E-state index contributed by atoms with van der Waals surface area (Å²) in [5.74, 6) is -0.721. The third-order valence-corrected chi connectivity index (χ3v) is 2.12. The molecule has 0 spiro atoms. The predicted molar refractivity (Wildman–Crippen MR) is 45.2 cm³/mol. The molecular formula is C8H8BrFO. The van der Waals surface area contributed by atoms with E-state index in [-0.39, 0.29) is 5.78 Å². The lowest BCUT2D eigenvalue weighted by atomic mass is 9.95. The Kier molecular flexibility index (Phi) is 2.60. The van der Waals surface area contributed by atoms with Crippen LogP contribution < -0.4 is 0 Å². The van der Waals surface area contributed by atoms with Crippen LogP contribution in [-0.2, 0) is 4.79 Å². The average molecular weight is 219 g/mol. The van der Waals surface area contributed by atoms with E-state index >= 15 is 0 Å². The van der Waals surface area contributed by atoms with Crippen LogP contribution in [0, 0.1) is 5.92 Å². The number of alkyl halides is 1. The molecule has 1 aliphatic carbocycles. The maximum Gasteiger partial charge on any atom is 0.139 e. The van der Waals surface area contributed by atoms with Crippen molar-refractivity contribution < 1.29 is 9.18 Å². The molecule has 0 aromatic rings. The molecule has 0 saturated carbocycles. The highest BCUT2D eigenvalue weighted by atomic mass is 79.9. The third kappa shape index (κ3) is 1.99. The molecular weight excluding hydrogens is 211 g/mol. The van der Waals surface area contributed by atoms with Gasteiger partial charge in [0.1, 0.15) is 12.0 Å². The molecule has 2 unspecified atom stereocenters. The second-order valence-corrected chi connectivity index (χ2v) is 3.41. The Bertz CT molecular complexity index is 232. The molecule has 0 saturated heterocycles. The molecule has 60 valence electrons. The highest BCUT2D eigenvalue weighted by Crippen LogP contribution is 2.23. The van der Waals surface area contributed by atoms with E-state index in [1.165, 1.54) is 13.0 Å². The molecule has 0 bridgehead atoms. The van der Waals surface area contributed by atoms with Crippen molar-refractivity contribution in [3.8, 4) is 0 Å². The van der Waals surface area contributed by atoms with E-state index in [4.69, 9.17) is 0 Å². The van der Waals surface area contributed by atoms with Crippen LogP contribution in [0.2, 0.25) is 0 Å². The summed E-state index contributed by atoms with van der Waals surface area (Å²) >= 11 is 3.13. The van der Waals surface area contributed by atoms with Gasteiger partial charge in [0.2, 0.25) is 0 Å². The van der Waals surface area contributed by atoms with Crippen LogP contribution in [0.5, 0.6) is 0 Å². The van der Waals surface area contributed by atoms with E-state index in [1.807, 2.05) is 0 Å². The van der Waals surface area contributed by atoms with Gasteiger partial charge in [0.15, 0.2) is 0 Å². The van der Waals surface area contributed by atoms with E-state index in [2.05, 4.69) is 15.9 Å². The Morgan fingerprint density at radius 1 is 1.73 bits per heavy atom. The first-order valence-corrected chi connectivity index (χ1v) is 4.10. The predicted octanol–water partition coefficient (Wildman–Crippen LogP) is 2.38. The Labute approximate surface area is 73.1 Å². The van der Waals surface area contributed by atoms with Crippen LogP contribution in [0.25, 0.3) is 0 Å². The third-order valence-electron chi connectivity index (χ3n) is 1.59. The van der Waals surface area contributed by atoms with Crippen LogP contribution in [0.15, 0.2) is 22.7 Å². The van der Waals surface area contributed by atoms with Gasteiger partial charge in [-0.15, -0.1) is 0 Å². The van der Waals surface area contributed by atoms with Gasteiger partial charge in [0.05, 0.1) is 5.92 Å². The van der Waals surface area contributed by atoms with Crippen molar-refractivity contribution >= 4 is 21.7 Å². The van der Waals surface area contributed by atoms with Gasteiger partial charge in [0.25, 0.3) is 0 Å². The van der Waals surface area contributed by atoms with Crippen molar-refractivity contribution in [2.45, 2.75) is 13.1 Å². The van der Waals surface area contributed by atoms with E-state index in [9.17, 15) is 9.18 Å². The molecule has 0 N–H and O–H groups in total. The highest BCUT2D eigenvalue weighted by molar-refractivity contribution is 9.11. The number of hydrogen-bond acceptors (Lipinski definition) is 1. The Hall–Kier alpha value is -0.440. The highest BCUT2D eigenvalue weighted by Gasteiger charge is 2.23. The number of Topliss-reactive ketones (excluding diaryl/α,β-unsaturated/α-hetero) is 1. The standard InChI is InChI=1S/C8H8BrFO/c1-5(11)7-3-2-6(9)4-8(7)10/h2-4,7-8H,1H3. The van der Waals surface area contributed by atoms with E-state index in [0.29, 0.717) is 4.48 Å². The van der Waals surface area contributed by atoms with Crippen LogP contribution in [0.3, 0.4) is 0 Å². The Morgan fingerprint density at radius 3 is 2.82 bits per heavy atom. The number of rotatable bonds is 1. The fourth-order valence-corrected chi connectivity index (χ4v) is 1.38. The molecule has 0 heterocycles. The van der Waals surface area contributed by atoms with E-state index in [1.54, 1.807) is 12.2 Å². The molecule has 2 atom stereocenters. The first-order valence-electron chi connectivity index (χ1n) is 3.31. The number of halogens is 2. The van der Waals surface area contributed by atoms with Crippen molar-refractivity contribution in [3.63, 3.8) is 0 Å². The zero-order valence-electron chi connectivity index (χ0n) is 6.05. The van der Waals surface area contributed by atoms with Gasteiger partial charge in [0, 0.05) is 4.48 Å². The Balaban J connectivity index is 2.77. The summed E-state index contributed by atoms with van der Waals surface area (Å²) in [6, 6.07) is 0. The molecule has 0 aliphatic heterocycles. The first kappa shape index (κ1) is 8.65. The van der Waals surface area contributed by atoms with Gasteiger partial charge < -0.3 is 0 Å². The minimum absolute atomic E-state index is 0.134. The van der Waals surface area contributed by atoms with Gasteiger partial charge >= 0.3 is 0 Å². The van der Waals surface area contributed by atoms with Crippen molar-refractivity contribution in [1.29, 1.82) is 0 Å². The Morgan fingerprint density at radius 2 is 2.36 bits per heavy atom. The smallest absolute Gasteiger partial charge is 0.139 e. The summed E-state index contributed by atoms with van der Waals surface area (Å²) in [5.41, 5.74) is 0. The van der Waals surface area contributed by atoms with Crippen molar-refractivity contribution in [1.82, 2.24) is 0 Å². The molecule has 0 amide bonds. The summed E-state index contributed by atoms with van der Waals surface area (Å²) in [7, 11) is 0. The largest absolute Gasteiger partial charge is 0.299 e. The van der Waals surface area contributed by atoms with Gasteiger partial charge in [-0.05, 0) is 13.0 Å². The maximum atomic E-state index is 13.0. The number of ketones is 1. The molecule has 1 nitrogen and oxygen atoms in total. The molecule has 11 heavy (non-hydrogen) atoms. The van der Waals surface area contributed by atoms with Crippen molar-refractivity contribution in [3.05, 3.63) is 22.7 Å². The molecule has 0 fully saturated rings. The van der Waals surface area contributed by atoms with Crippen LogP contribution >= 0.6 is 15.9 Å². The zero-order chi connectivity index (χ0) is 8.43. The quantitative estimate of drug-likeness (QED) is 0.661. The molecule has 0 aromatic heterocycles. The van der Waals surface area contributed by atoms with Crippen molar-refractivity contribution in [2.24, 2.45) is 5.92 Å². The van der Waals surface area contributed by atoms with E-state index < -0.39 is 12.1 Å². The minimum Gasteiger partial charge on any atom is -0.299 e. The second-order valence-electron chi connectivity index (χ2n) is 2.49. The number of carbonyl (C=O) groups excluding carboxylic acids is 1. The summed E-state index contributed by atoms with van der Waals surface area (Å²) in [6.45, 7) is 1.40. The average Bonchev–Trinajstić information content (AvgIpc) is 1.85. The molecule has 1 rings (SSSR count). The lowest BCUT2D eigenvalue weighted by Gasteiger charge is -2.14. The fraction of sp³-hybridized carbons (Fsp3) is 0.375. The van der Waals surface area contributed by atoms with E-state index in [0.717, 1.165) is 0 Å². The molecule has 1 aliphatic rings.